The zero-order valence-electron chi connectivity index (χ0n) is 12.7. The molecule has 122 valence electrons. The summed E-state index contributed by atoms with van der Waals surface area (Å²) < 4.78 is 0. The Kier molecular flexibility index (Phi) is 5.17. The lowest BCUT2D eigenvalue weighted by atomic mass is 10.00. The molecular weight excluding hydrogens is 312 g/mol. The molecule has 3 rings (SSSR count). The zero-order chi connectivity index (χ0) is 16.1. The van der Waals surface area contributed by atoms with Gasteiger partial charge in [0.05, 0.1) is 6.04 Å². The molecule has 0 bridgehead atoms. The lowest BCUT2D eigenvalue weighted by Crippen LogP contribution is -2.37. The minimum Gasteiger partial charge on any atom is -0.345 e. The van der Waals surface area contributed by atoms with Crippen molar-refractivity contribution in [1.82, 2.24) is 20.5 Å². The molecule has 23 heavy (non-hydrogen) atoms. The van der Waals surface area contributed by atoms with E-state index in [9.17, 15) is 9.59 Å². The van der Waals surface area contributed by atoms with Crippen LogP contribution in [-0.4, -0.2) is 32.6 Å². The third kappa shape index (κ3) is 4.25. The largest absolute Gasteiger partial charge is 0.345 e. The van der Waals surface area contributed by atoms with Gasteiger partial charge in [0.25, 0.3) is 0 Å². The fraction of sp³-hybridized carbons (Fsp3) is 0.438. The van der Waals surface area contributed by atoms with Crippen molar-refractivity contribution in [2.45, 2.75) is 25.3 Å². The van der Waals surface area contributed by atoms with Crippen LogP contribution in [-0.2, 0) is 11.2 Å². The van der Waals surface area contributed by atoms with Gasteiger partial charge < -0.3 is 5.32 Å². The van der Waals surface area contributed by atoms with E-state index in [1.54, 1.807) is 0 Å². The Morgan fingerprint density at radius 1 is 1.30 bits per heavy atom. The number of hydrogen-bond acceptors (Lipinski definition) is 4. The van der Waals surface area contributed by atoms with Gasteiger partial charge in [0, 0.05) is 5.92 Å². The lowest BCUT2D eigenvalue weighted by Gasteiger charge is -2.24. The highest BCUT2D eigenvalue weighted by Gasteiger charge is 2.25. The van der Waals surface area contributed by atoms with Gasteiger partial charge >= 0.3 is 5.69 Å². The van der Waals surface area contributed by atoms with Crippen molar-refractivity contribution in [2.24, 2.45) is 5.92 Å². The number of nitrogens with one attached hydrogen (secondary N) is 3. The fourth-order valence-corrected chi connectivity index (χ4v) is 3.87. The third-order valence-electron chi connectivity index (χ3n) is 4.04. The highest BCUT2D eigenvalue weighted by Crippen LogP contribution is 2.24. The SMILES string of the molecule is O=C(N[C@H](Cc1ccccc1)c1n[nH]c(=O)[nH]1)C1CCSCC1. The quantitative estimate of drug-likeness (QED) is 0.776. The predicted molar refractivity (Wildman–Crippen MR) is 90.3 cm³/mol. The monoisotopic (exact) mass is 332 g/mol. The number of rotatable bonds is 5. The topological polar surface area (TPSA) is 90.6 Å². The number of aromatic nitrogens is 3. The van der Waals surface area contributed by atoms with Crippen molar-refractivity contribution >= 4 is 17.7 Å². The van der Waals surface area contributed by atoms with Gasteiger partial charge in [0.2, 0.25) is 5.91 Å². The number of carbonyl (C=O) groups excluding carboxylic acids is 1. The van der Waals surface area contributed by atoms with Gasteiger partial charge in [0.15, 0.2) is 5.82 Å². The summed E-state index contributed by atoms with van der Waals surface area (Å²) in [6, 6.07) is 9.54. The lowest BCUT2D eigenvalue weighted by molar-refractivity contribution is -0.126. The second-order valence-electron chi connectivity index (χ2n) is 5.70. The van der Waals surface area contributed by atoms with Gasteiger partial charge in [-0.15, -0.1) is 0 Å². The smallest absolute Gasteiger partial charge is 0.340 e. The summed E-state index contributed by atoms with van der Waals surface area (Å²) in [6.07, 6.45) is 2.41. The summed E-state index contributed by atoms with van der Waals surface area (Å²) in [5.41, 5.74) is 0.724. The maximum absolute atomic E-state index is 12.5. The average Bonchev–Trinajstić information content (AvgIpc) is 3.02. The Hall–Kier alpha value is -2.02. The van der Waals surface area contributed by atoms with E-state index in [2.05, 4.69) is 20.5 Å². The molecule has 0 radical (unpaired) electrons. The van der Waals surface area contributed by atoms with Crippen LogP contribution in [0.15, 0.2) is 35.1 Å². The van der Waals surface area contributed by atoms with E-state index in [4.69, 9.17) is 0 Å². The molecule has 3 N–H and O–H groups in total. The highest BCUT2D eigenvalue weighted by atomic mass is 32.2. The summed E-state index contributed by atoms with van der Waals surface area (Å²) in [6.45, 7) is 0. The number of benzene rings is 1. The number of carbonyl (C=O) groups is 1. The summed E-state index contributed by atoms with van der Waals surface area (Å²) in [4.78, 5) is 26.5. The first kappa shape index (κ1) is 15.9. The van der Waals surface area contributed by atoms with Gasteiger partial charge in [0.1, 0.15) is 0 Å². The Balaban J connectivity index is 1.74. The molecular formula is C16H20N4O2S. The van der Waals surface area contributed by atoms with Crippen LogP contribution in [0.1, 0.15) is 30.3 Å². The fourth-order valence-electron chi connectivity index (χ4n) is 2.76. The zero-order valence-corrected chi connectivity index (χ0v) is 13.6. The molecule has 1 amide bonds. The van der Waals surface area contributed by atoms with E-state index in [1.165, 1.54) is 0 Å². The number of aromatic amines is 2. The molecule has 0 saturated carbocycles. The maximum atomic E-state index is 12.5. The molecule has 2 heterocycles. The average molecular weight is 332 g/mol. The number of nitrogens with zero attached hydrogens (tertiary/aromatic N) is 1. The Bertz CT molecular complexity index is 691. The van der Waals surface area contributed by atoms with Crippen molar-refractivity contribution in [1.29, 1.82) is 0 Å². The second kappa shape index (κ2) is 7.50. The van der Waals surface area contributed by atoms with Crippen LogP contribution >= 0.6 is 11.8 Å². The van der Waals surface area contributed by atoms with Crippen LogP contribution in [0, 0.1) is 5.92 Å². The summed E-state index contributed by atoms with van der Waals surface area (Å²) in [5, 5.41) is 9.43. The van der Waals surface area contributed by atoms with Gasteiger partial charge in [-0.3, -0.25) is 9.78 Å². The molecule has 1 aliphatic rings. The molecule has 1 aliphatic heterocycles. The standard InChI is InChI=1S/C16H20N4O2S/c21-15(12-6-8-23-9-7-12)17-13(14-18-16(22)20-19-14)10-11-4-2-1-3-5-11/h1-5,12-13H,6-10H2,(H,17,21)(H2,18,19,20,22)/t13-/m1/s1. The molecule has 1 aromatic heterocycles. The normalized spacial score (nSPS) is 16.9. The molecule has 6 nitrogen and oxygen atoms in total. The van der Waals surface area contributed by atoms with E-state index in [1.807, 2.05) is 42.1 Å². The summed E-state index contributed by atoms with van der Waals surface area (Å²) in [5.74, 6) is 2.63. The maximum Gasteiger partial charge on any atom is 0.340 e. The van der Waals surface area contributed by atoms with Crippen molar-refractivity contribution in [2.75, 3.05) is 11.5 Å². The number of H-pyrrole nitrogens is 2. The van der Waals surface area contributed by atoms with Gasteiger partial charge in [-0.1, -0.05) is 30.3 Å². The van der Waals surface area contributed by atoms with Gasteiger partial charge in [-0.2, -0.15) is 16.9 Å². The Labute approximate surface area is 138 Å². The van der Waals surface area contributed by atoms with Crippen molar-refractivity contribution in [3.05, 3.63) is 52.2 Å². The number of hydrogen-bond donors (Lipinski definition) is 3. The number of thioether (sulfide) groups is 1. The first-order chi connectivity index (χ1) is 11.2. The van der Waals surface area contributed by atoms with Crippen LogP contribution in [0.3, 0.4) is 0 Å². The highest BCUT2D eigenvalue weighted by molar-refractivity contribution is 7.99. The molecule has 1 aromatic carbocycles. The first-order valence-corrected chi connectivity index (χ1v) is 8.94. The van der Waals surface area contributed by atoms with E-state index in [-0.39, 0.29) is 23.6 Å². The van der Waals surface area contributed by atoms with Crippen LogP contribution in [0.5, 0.6) is 0 Å². The van der Waals surface area contributed by atoms with E-state index >= 15 is 0 Å². The van der Waals surface area contributed by atoms with Gasteiger partial charge in [-0.25, -0.2) is 9.89 Å². The summed E-state index contributed by atoms with van der Waals surface area (Å²) in [7, 11) is 0. The molecule has 1 saturated heterocycles. The number of amides is 1. The Morgan fingerprint density at radius 3 is 2.70 bits per heavy atom. The van der Waals surface area contributed by atoms with Crippen LogP contribution in [0.4, 0.5) is 0 Å². The molecule has 2 aromatic rings. The van der Waals surface area contributed by atoms with Crippen molar-refractivity contribution in [3.8, 4) is 0 Å². The second-order valence-corrected chi connectivity index (χ2v) is 6.93. The van der Waals surface area contributed by atoms with Gasteiger partial charge in [-0.05, 0) is 36.3 Å². The molecule has 0 spiro atoms. The molecule has 1 fully saturated rings. The Morgan fingerprint density at radius 2 is 2.04 bits per heavy atom. The summed E-state index contributed by atoms with van der Waals surface area (Å²) >= 11 is 1.89. The first-order valence-electron chi connectivity index (χ1n) is 7.79. The van der Waals surface area contributed by atoms with Crippen molar-refractivity contribution < 1.29 is 4.79 Å². The molecule has 7 heteroatoms. The van der Waals surface area contributed by atoms with E-state index < -0.39 is 0 Å². The van der Waals surface area contributed by atoms with E-state index in [0.29, 0.717) is 12.2 Å². The minimum absolute atomic E-state index is 0.0510. The van der Waals surface area contributed by atoms with E-state index in [0.717, 1.165) is 29.9 Å². The minimum atomic E-state index is -0.360. The van der Waals surface area contributed by atoms with Crippen LogP contribution < -0.4 is 11.0 Å². The van der Waals surface area contributed by atoms with Crippen molar-refractivity contribution in [3.63, 3.8) is 0 Å². The van der Waals surface area contributed by atoms with Crippen LogP contribution in [0.25, 0.3) is 0 Å². The third-order valence-corrected chi connectivity index (χ3v) is 5.09. The molecule has 1 atom stereocenters. The molecule has 0 unspecified atom stereocenters. The predicted octanol–water partition coefficient (Wildman–Crippen LogP) is 1.64. The van der Waals surface area contributed by atoms with Crippen LogP contribution in [0.2, 0.25) is 0 Å². The molecule has 0 aliphatic carbocycles.